The maximum Gasteiger partial charge on any atom is 0.0597 e. The third kappa shape index (κ3) is 2.96. The summed E-state index contributed by atoms with van der Waals surface area (Å²) in [5.41, 5.74) is 2.35. The highest BCUT2D eigenvalue weighted by atomic mass is 32.1. The van der Waals surface area contributed by atoms with Gasteiger partial charge in [0.1, 0.15) is 0 Å². The van der Waals surface area contributed by atoms with Crippen LogP contribution in [-0.2, 0) is 13.1 Å². The van der Waals surface area contributed by atoms with Gasteiger partial charge in [-0.15, -0.1) is 11.3 Å². The first-order valence-electron chi connectivity index (χ1n) is 6.00. The average molecular weight is 249 g/mol. The predicted molar refractivity (Wildman–Crippen MR) is 72.2 cm³/mol. The Morgan fingerprint density at radius 2 is 2.35 bits per heavy atom. The monoisotopic (exact) mass is 249 g/mol. The molecule has 2 aromatic heterocycles. The molecule has 0 saturated carbocycles. The molecule has 0 bridgehead atoms. The second-order valence-electron chi connectivity index (χ2n) is 4.21. The van der Waals surface area contributed by atoms with E-state index in [4.69, 9.17) is 0 Å². The summed E-state index contributed by atoms with van der Waals surface area (Å²) in [6.45, 7) is 8.16. The van der Waals surface area contributed by atoms with E-state index in [1.54, 1.807) is 11.3 Å². The number of hydrogen-bond donors (Lipinski definition) is 1. The van der Waals surface area contributed by atoms with Crippen molar-refractivity contribution in [3.63, 3.8) is 0 Å². The van der Waals surface area contributed by atoms with Crippen LogP contribution in [0.1, 0.15) is 36.2 Å². The molecule has 2 heterocycles. The molecule has 0 fully saturated rings. The first kappa shape index (κ1) is 12.3. The molecule has 2 rings (SSSR count). The maximum atomic E-state index is 4.45. The van der Waals surface area contributed by atoms with Crippen LogP contribution in [0, 0.1) is 6.92 Å². The lowest BCUT2D eigenvalue weighted by atomic mass is 10.2. The highest BCUT2D eigenvalue weighted by molar-refractivity contribution is 7.10. The molecule has 0 aliphatic carbocycles. The fourth-order valence-corrected chi connectivity index (χ4v) is 2.67. The van der Waals surface area contributed by atoms with E-state index in [-0.39, 0.29) is 0 Å². The van der Waals surface area contributed by atoms with Crippen LogP contribution in [0.3, 0.4) is 0 Å². The molecule has 92 valence electrons. The van der Waals surface area contributed by atoms with Gasteiger partial charge in [0.25, 0.3) is 0 Å². The Bertz CT molecular complexity index is 459. The first-order valence-corrected chi connectivity index (χ1v) is 6.88. The summed E-state index contributed by atoms with van der Waals surface area (Å²) in [4.78, 5) is 1.38. The fourth-order valence-electron chi connectivity index (χ4n) is 1.91. The number of nitrogens with zero attached hydrogens (tertiary/aromatic N) is 2. The Morgan fingerprint density at radius 1 is 1.53 bits per heavy atom. The van der Waals surface area contributed by atoms with E-state index < -0.39 is 0 Å². The van der Waals surface area contributed by atoms with E-state index in [0.717, 1.165) is 18.8 Å². The van der Waals surface area contributed by atoms with E-state index in [1.165, 1.54) is 10.6 Å². The van der Waals surface area contributed by atoms with Crippen LogP contribution in [0.4, 0.5) is 0 Å². The molecular formula is C13H19N3S. The molecule has 3 nitrogen and oxygen atoms in total. The van der Waals surface area contributed by atoms with Gasteiger partial charge in [0.05, 0.1) is 11.4 Å². The topological polar surface area (TPSA) is 29.9 Å². The van der Waals surface area contributed by atoms with Crippen LogP contribution in [0.2, 0.25) is 0 Å². The van der Waals surface area contributed by atoms with Crippen molar-refractivity contribution in [2.24, 2.45) is 0 Å². The SMILES string of the molecule is CCn1nc(C)cc1CN[C@H](C)c1cccs1. The quantitative estimate of drug-likeness (QED) is 0.882. The Labute approximate surface area is 106 Å². The van der Waals surface area contributed by atoms with Gasteiger partial charge in [0, 0.05) is 24.0 Å². The number of rotatable bonds is 5. The zero-order chi connectivity index (χ0) is 12.3. The lowest BCUT2D eigenvalue weighted by molar-refractivity contribution is 0.535. The van der Waals surface area contributed by atoms with Gasteiger partial charge in [0.15, 0.2) is 0 Å². The summed E-state index contributed by atoms with van der Waals surface area (Å²) in [6, 6.07) is 6.82. The predicted octanol–water partition coefficient (Wildman–Crippen LogP) is 3.12. The highest BCUT2D eigenvalue weighted by Crippen LogP contribution is 2.18. The maximum absolute atomic E-state index is 4.45. The molecule has 1 N–H and O–H groups in total. The normalized spacial score (nSPS) is 12.9. The molecular weight excluding hydrogens is 230 g/mol. The van der Waals surface area contributed by atoms with E-state index in [9.17, 15) is 0 Å². The van der Waals surface area contributed by atoms with Gasteiger partial charge in [0.2, 0.25) is 0 Å². The van der Waals surface area contributed by atoms with Crippen LogP contribution in [0.25, 0.3) is 0 Å². The van der Waals surface area contributed by atoms with Gasteiger partial charge in [-0.2, -0.15) is 5.10 Å². The second kappa shape index (κ2) is 5.47. The molecule has 4 heteroatoms. The van der Waals surface area contributed by atoms with Crippen LogP contribution >= 0.6 is 11.3 Å². The Hall–Kier alpha value is -1.13. The lowest BCUT2D eigenvalue weighted by Crippen LogP contribution is -2.19. The third-order valence-corrected chi connectivity index (χ3v) is 3.90. The summed E-state index contributed by atoms with van der Waals surface area (Å²) in [7, 11) is 0. The smallest absolute Gasteiger partial charge is 0.0597 e. The molecule has 0 radical (unpaired) electrons. The molecule has 0 saturated heterocycles. The van der Waals surface area contributed by atoms with Crippen molar-refractivity contribution in [1.82, 2.24) is 15.1 Å². The molecule has 0 spiro atoms. The molecule has 0 aromatic carbocycles. The largest absolute Gasteiger partial charge is 0.304 e. The minimum absolute atomic E-state index is 0.399. The number of thiophene rings is 1. The van der Waals surface area contributed by atoms with Crippen molar-refractivity contribution < 1.29 is 0 Å². The highest BCUT2D eigenvalue weighted by Gasteiger charge is 2.08. The minimum atomic E-state index is 0.399. The number of hydrogen-bond acceptors (Lipinski definition) is 3. The fraction of sp³-hybridized carbons (Fsp3) is 0.462. The molecule has 17 heavy (non-hydrogen) atoms. The summed E-state index contributed by atoms with van der Waals surface area (Å²) >= 11 is 1.80. The zero-order valence-corrected chi connectivity index (χ0v) is 11.4. The van der Waals surface area contributed by atoms with Crippen molar-refractivity contribution in [2.45, 2.75) is 39.9 Å². The molecule has 0 aliphatic rings. The van der Waals surface area contributed by atoms with E-state index in [2.05, 4.69) is 52.5 Å². The van der Waals surface area contributed by atoms with Crippen molar-refractivity contribution in [1.29, 1.82) is 0 Å². The summed E-state index contributed by atoms with van der Waals surface area (Å²) in [5.74, 6) is 0. The van der Waals surface area contributed by atoms with Crippen LogP contribution in [0.15, 0.2) is 23.6 Å². The standard InChI is InChI=1S/C13H19N3S/c1-4-16-12(8-10(2)15-16)9-14-11(3)13-6-5-7-17-13/h5-8,11,14H,4,9H2,1-3H3/t11-/m1/s1. The zero-order valence-electron chi connectivity index (χ0n) is 10.6. The molecule has 1 atom stereocenters. The van der Waals surface area contributed by atoms with Gasteiger partial charge in [-0.1, -0.05) is 6.07 Å². The van der Waals surface area contributed by atoms with Gasteiger partial charge in [-0.05, 0) is 38.3 Å². The van der Waals surface area contributed by atoms with Gasteiger partial charge in [-0.3, -0.25) is 4.68 Å². The Morgan fingerprint density at radius 3 is 3.00 bits per heavy atom. The van der Waals surface area contributed by atoms with Gasteiger partial charge >= 0.3 is 0 Å². The molecule has 2 aromatic rings. The third-order valence-electron chi connectivity index (χ3n) is 2.84. The van der Waals surface area contributed by atoms with E-state index in [0.29, 0.717) is 6.04 Å². The van der Waals surface area contributed by atoms with Crippen LogP contribution in [-0.4, -0.2) is 9.78 Å². The number of aromatic nitrogens is 2. The lowest BCUT2D eigenvalue weighted by Gasteiger charge is -2.12. The summed E-state index contributed by atoms with van der Waals surface area (Å²) in [5, 5.41) is 10.1. The van der Waals surface area contributed by atoms with Crippen molar-refractivity contribution >= 4 is 11.3 Å². The number of aryl methyl sites for hydroxylation is 2. The van der Waals surface area contributed by atoms with Crippen LogP contribution < -0.4 is 5.32 Å². The minimum Gasteiger partial charge on any atom is -0.304 e. The summed E-state index contributed by atoms with van der Waals surface area (Å²) < 4.78 is 2.06. The second-order valence-corrected chi connectivity index (χ2v) is 5.19. The Balaban J connectivity index is 1.97. The van der Waals surface area contributed by atoms with E-state index >= 15 is 0 Å². The van der Waals surface area contributed by atoms with Crippen LogP contribution in [0.5, 0.6) is 0 Å². The first-order chi connectivity index (χ1) is 8.20. The molecule has 0 amide bonds. The number of nitrogens with one attached hydrogen (secondary N) is 1. The Kier molecular flexibility index (Phi) is 3.97. The van der Waals surface area contributed by atoms with Crippen molar-refractivity contribution in [3.8, 4) is 0 Å². The van der Waals surface area contributed by atoms with Crippen molar-refractivity contribution in [3.05, 3.63) is 39.8 Å². The molecule has 0 unspecified atom stereocenters. The average Bonchev–Trinajstić information content (AvgIpc) is 2.94. The van der Waals surface area contributed by atoms with Gasteiger partial charge in [-0.25, -0.2) is 0 Å². The summed E-state index contributed by atoms with van der Waals surface area (Å²) in [6.07, 6.45) is 0. The van der Waals surface area contributed by atoms with Gasteiger partial charge < -0.3 is 5.32 Å². The van der Waals surface area contributed by atoms with E-state index in [1.807, 2.05) is 6.92 Å². The van der Waals surface area contributed by atoms with Crippen molar-refractivity contribution in [2.75, 3.05) is 0 Å². The molecule has 0 aliphatic heterocycles.